The predicted molar refractivity (Wildman–Crippen MR) is 94.6 cm³/mol. The molecule has 1 nitrogen and oxygen atoms in total. The van der Waals surface area contributed by atoms with Crippen molar-refractivity contribution in [2.45, 2.75) is 19.8 Å². The number of aryl methyl sites for hydroxylation is 1. The van der Waals surface area contributed by atoms with Gasteiger partial charge in [0.15, 0.2) is 0 Å². The Morgan fingerprint density at radius 2 is 1.74 bits per heavy atom. The zero-order valence-corrected chi connectivity index (χ0v) is 14.5. The van der Waals surface area contributed by atoms with Crippen LogP contribution in [0, 0.1) is 6.92 Å². The van der Waals surface area contributed by atoms with Crippen molar-refractivity contribution in [2.24, 2.45) is 0 Å². The van der Waals surface area contributed by atoms with Crippen LogP contribution < -0.4 is 0 Å². The van der Waals surface area contributed by atoms with E-state index < -0.39 is 0 Å². The monoisotopic (exact) mass is 343 g/mol. The molecule has 0 spiro atoms. The van der Waals surface area contributed by atoms with E-state index in [2.05, 4.69) is 67.5 Å². The summed E-state index contributed by atoms with van der Waals surface area (Å²) in [7, 11) is 0. The largest absolute Gasteiger partial charge is 2.00 e. The van der Waals surface area contributed by atoms with Gasteiger partial charge in [-0.25, -0.2) is 18.2 Å². The summed E-state index contributed by atoms with van der Waals surface area (Å²) in [4.78, 5) is 3.40. The van der Waals surface area contributed by atoms with Gasteiger partial charge in [-0.05, 0) is 24.0 Å². The van der Waals surface area contributed by atoms with Crippen molar-refractivity contribution in [3.05, 3.63) is 95.7 Å². The fraction of sp³-hybridized carbons (Fsp3) is 0.143. The number of para-hydroxylation sites is 1. The van der Waals surface area contributed by atoms with Crippen LogP contribution in [0.2, 0.25) is 0 Å². The van der Waals surface area contributed by atoms with Crippen molar-refractivity contribution < 1.29 is 17.1 Å². The van der Waals surface area contributed by atoms with Gasteiger partial charge in [0.2, 0.25) is 0 Å². The summed E-state index contributed by atoms with van der Waals surface area (Å²) in [5.41, 5.74) is 5.34. The van der Waals surface area contributed by atoms with E-state index in [0.29, 0.717) is 5.92 Å². The Labute approximate surface area is 148 Å². The fourth-order valence-corrected chi connectivity index (χ4v) is 2.86. The Morgan fingerprint density at radius 3 is 2.35 bits per heavy atom. The predicted octanol–water partition coefficient (Wildman–Crippen LogP) is 5.75. The van der Waals surface area contributed by atoms with Crippen LogP contribution in [-0.4, -0.2) is 4.98 Å². The van der Waals surface area contributed by atoms with Gasteiger partial charge in [-0.1, -0.05) is 25.1 Å². The Kier molecular flexibility index (Phi) is 6.04. The maximum absolute atomic E-state index is 3.40. The van der Waals surface area contributed by atoms with Crippen LogP contribution in [0.15, 0.2) is 79.0 Å². The van der Waals surface area contributed by atoms with Gasteiger partial charge in [-0.3, -0.25) is 0 Å². The van der Waals surface area contributed by atoms with Crippen LogP contribution in [0.5, 0.6) is 0 Å². The van der Waals surface area contributed by atoms with Crippen molar-refractivity contribution in [3.63, 3.8) is 0 Å². The second kappa shape index (κ2) is 8.01. The van der Waals surface area contributed by atoms with Crippen molar-refractivity contribution >= 4 is 10.9 Å². The normalized spacial score (nSPS) is 11.4. The number of hydrogen-bond acceptors (Lipinski definition) is 0. The van der Waals surface area contributed by atoms with Gasteiger partial charge in [0, 0.05) is 17.1 Å². The van der Waals surface area contributed by atoms with E-state index in [0.717, 1.165) is 0 Å². The smallest absolute Gasteiger partial charge is 0.361 e. The van der Waals surface area contributed by atoms with Gasteiger partial charge in [-0.15, -0.1) is 0 Å². The summed E-state index contributed by atoms with van der Waals surface area (Å²) in [6, 6.07) is 25.1. The molecule has 1 unspecified atom stereocenters. The number of fused-ring (bicyclic) bond motifs is 1. The second-order valence-electron chi connectivity index (χ2n) is 5.64. The first-order valence-electron chi connectivity index (χ1n) is 7.72. The van der Waals surface area contributed by atoms with E-state index in [1.165, 1.54) is 27.6 Å². The molecule has 0 saturated carbocycles. The Bertz CT molecular complexity index is 790. The minimum atomic E-state index is 0. The average molecular weight is 343 g/mol. The molecule has 4 rings (SSSR count). The quantitative estimate of drug-likeness (QED) is 0.352. The summed E-state index contributed by atoms with van der Waals surface area (Å²) in [6.45, 7) is 4.41. The van der Waals surface area contributed by atoms with E-state index in [-0.39, 0.29) is 17.1 Å². The van der Waals surface area contributed by atoms with Crippen molar-refractivity contribution in [3.8, 4) is 0 Å². The SMILES string of the molecule is Cc1cccc2c(C(C)c3cc[cH-]c3)c[nH]c12.[Fe+2].c1cc[cH-]c1. The second-order valence-corrected chi connectivity index (χ2v) is 5.64. The van der Waals surface area contributed by atoms with Crippen molar-refractivity contribution in [2.75, 3.05) is 0 Å². The topological polar surface area (TPSA) is 15.8 Å². The molecule has 118 valence electrons. The number of aromatic nitrogens is 1. The molecular formula is C21H21FeN. The van der Waals surface area contributed by atoms with Crippen LogP contribution in [-0.2, 0) is 17.1 Å². The van der Waals surface area contributed by atoms with Crippen LogP contribution >= 0.6 is 0 Å². The zero-order chi connectivity index (χ0) is 15.4. The molecule has 1 heterocycles. The summed E-state index contributed by atoms with van der Waals surface area (Å²) < 4.78 is 0. The Morgan fingerprint density at radius 1 is 0.957 bits per heavy atom. The van der Waals surface area contributed by atoms with Gasteiger partial charge >= 0.3 is 17.1 Å². The fourth-order valence-electron chi connectivity index (χ4n) is 2.86. The first kappa shape index (κ1) is 17.3. The summed E-state index contributed by atoms with van der Waals surface area (Å²) in [5.74, 6) is 0.445. The molecule has 1 atom stereocenters. The van der Waals surface area contributed by atoms with E-state index in [1.807, 2.05) is 30.3 Å². The van der Waals surface area contributed by atoms with Crippen LogP contribution in [0.3, 0.4) is 0 Å². The molecule has 1 N–H and O–H groups in total. The standard InChI is InChI=1S/C16H16N.C5H5.Fe/c1-11-6-5-9-14-15(10-17-16(11)14)12(2)13-7-3-4-8-13;1-2-4-5-3-1;/h3-10,12,17H,1-2H3;1-5H;/q2*-1;+2. The molecule has 0 aliphatic rings. The van der Waals surface area contributed by atoms with Gasteiger partial charge in [0.05, 0.1) is 0 Å². The Hall–Kier alpha value is -2.02. The maximum atomic E-state index is 3.40. The molecule has 0 aliphatic carbocycles. The maximum Gasteiger partial charge on any atom is 2.00 e. The van der Waals surface area contributed by atoms with Crippen LogP contribution in [0.4, 0.5) is 0 Å². The molecule has 0 fully saturated rings. The summed E-state index contributed by atoms with van der Waals surface area (Å²) in [5, 5.41) is 1.35. The number of rotatable bonds is 2. The molecule has 0 saturated heterocycles. The molecule has 0 radical (unpaired) electrons. The van der Waals surface area contributed by atoms with Crippen molar-refractivity contribution in [1.29, 1.82) is 0 Å². The third-order valence-corrected chi connectivity index (χ3v) is 4.17. The van der Waals surface area contributed by atoms with Gasteiger partial charge in [0.25, 0.3) is 0 Å². The van der Waals surface area contributed by atoms with Gasteiger partial charge in [-0.2, -0.15) is 42.0 Å². The molecule has 1 aromatic heterocycles. The van der Waals surface area contributed by atoms with E-state index >= 15 is 0 Å². The molecule has 23 heavy (non-hydrogen) atoms. The molecule has 4 aromatic rings. The number of aromatic amines is 1. The van der Waals surface area contributed by atoms with Gasteiger partial charge in [0.1, 0.15) is 0 Å². The number of hydrogen-bond donors (Lipinski definition) is 1. The van der Waals surface area contributed by atoms with Crippen molar-refractivity contribution in [1.82, 2.24) is 4.98 Å². The number of benzene rings is 1. The van der Waals surface area contributed by atoms with E-state index in [4.69, 9.17) is 0 Å². The minimum Gasteiger partial charge on any atom is -0.361 e. The van der Waals surface area contributed by atoms with E-state index in [9.17, 15) is 0 Å². The average Bonchev–Trinajstić information content (AvgIpc) is 3.28. The minimum absolute atomic E-state index is 0. The van der Waals surface area contributed by atoms with Gasteiger partial charge < -0.3 is 4.98 Å². The molecule has 3 aromatic carbocycles. The number of H-pyrrole nitrogens is 1. The first-order valence-corrected chi connectivity index (χ1v) is 7.72. The van der Waals surface area contributed by atoms with Crippen LogP contribution in [0.25, 0.3) is 10.9 Å². The Balaban J connectivity index is 0.000000276. The molecular weight excluding hydrogens is 322 g/mol. The third kappa shape index (κ3) is 3.85. The molecule has 2 heteroatoms. The molecule has 0 amide bonds. The summed E-state index contributed by atoms with van der Waals surface area (Å²) >= 11 is 0. The van der Waals surface area contributed by atoms with E-state index in [1.54, 1.807) is 0 Å². The van der Waals surface area contributed by atoms with Crippen LogP contribution in [0.1, 0.15) is 29.5 Å². The molecule has 0 bridgehead atoms. The third-order valence-electron chi connectivity index (χ3n) is 4.17. The first-order chi connectivity index (χ1) is 10.8. The summed E-state index contributed by atoms with van der Waals surface area (Å²) in [6.07, 6.45) is 2.15. The number of nitrogens with one attached hydrogen (secondary N) is 1. The molecule has 0 aliphatic heterocycles. The zero-order valence-electron chi connectivity index (χ0n) is 13.4.